The van der Waals surface area contributed by atoms with Gasteiger partial charge in [0.25, 0.3) is 0 Å². The third-order valence-electron chi connectivity index (χ3n) is 1.55. The molecular weight excluding hydrogens is 306 g/mol. The molecule has 0 spiro atoms. The fourth-order valence-electron chi connectivity index (χ4n) is 0.984. The van der Waals surface area contributed by atoms with Crippen molar-refractivity contribution >= 4 is 38.5 Å². The van der Waals surface area contributed by atoms with E-state index in [-0.39, 0.29) is 0 Å². The van der Waals surface area contributed by atoms with E-state index in [2.05, 4.69) is 31.5 Å². The Hall–Kier alpha value is -0.820. The SMILES string of the molecule is CC(C)(C)OC(=O)NCCNc1nc(Br)cs1. The Bertz CT molecular complexity index is 376. The van der Waals surface area contributed by atoms with Gasteiger partial charge in [-0.2, -0.15) is 0 Å². The smallest absolute Gasteiger partial charge is 0.407 e. The first-order chi connectivity index (χ1) is 7.87. The second-order valence-electron chi connectivity index (χ2n) is 4.33. The third kappa shape index (κ3) is 6.48. The molecule has 1 aromatic rings. The van der Waals surface area contributed by atoms with Crippen molar-refractivity contribution in [3.8, 4) is 0 Å². The van der Waals surface area contributed by atoms with Crippen LogP contribution in [0.15, 0.2) is 9.98 Å². The van der Waals surface area contributed by atoms with Gasteiger partial charge in [-0.15, -0.1) is 11.3 Å². The quantitative estimate of drug-likeness (QED) is 0.837. The van der Waals surface area contributed by atoms with Crippen LogP contribution in [-0.4, -0.2) is 29.8 Å². The predicted octanol–water partition coefficient (Wildman–Crippen LogP) is 2.84. The van der Waals surface area contributed by atoms with Gasteiger partial charge in [0.05, 0.1) is 0 Å². The van der Waals surface area contributed by atoms with Crippen LogP contribution in [-0.2, 0) is 4.74 Å². The van der Waals surface area contributed by atoms with E-state index in [0.29, 0.717) is 13.1 Å². The summed E-state index contributed by atoms with van der Waals surface area (Å²) in [5, 5.41) is 8.46. The molecule has 96 valence electrons. The molecule has 0 radical (unpaired) electrons. The van der Waals surface area contributed by atoms with Crippen LogP contribution >= 0.6 is 27.3 Å². The molecule has 0 aromatic carbocycles. The number of ether oxygens (including phenoxy) is 1. The number of anilines is 1. The number of alkyl carbamates (subject to hydrolysis) is 1. The maximum atomic E-state index is 11.3. The summed E-state index contributed by atoms with van der Waals surface area (Å²) in [6.45, 7) is 6.60. The van der Waals surface area contributed by atoms with Crippen molar-refractivity contribution in [2.24, 2.45) is 0 Å². The molecular formula is C10H16BrN3O2S. The number of hydrogen-bond donors (Lipinski definition) is 2. The van der Waals surface area contributed by atoms with E-state index in [9.17, 15) is 4.79 Å². The molecule has 2 N–H and O–H groups in total. The molecule has 0 aliphatic rings. The standard InChI is InChI=1S/C10H16BrN3O2S/c1-10(2,3)16-9(15)13-5-4-12-8-14-7(11)6-17-8/h6H,4-5H2,1-3H3,(H,12,14)(H,13,15). The molecule has 0 saturated carbocycles. The minimum atomic E-state index is -0.461. The number of carbonyl (C=O) groups is 1. The molecule has 0 bridgehead atoms. The molecule has 0 aliphatic carbocycles. The summed E-state index contributed by atoms with van der Waals surface area (Å²) in [7, 11) is 0. The predicted molar refractivity (Wildman–Crippen MR) is 72.5 cm³/mol. The number of amides is 1. The Morgan fingerprint density at radius 1 is 1.53 bits per heavy atom. The van der Waals surface area contributed by atoms with E-state index >= 15 is 0 Å². The van der Waals surface area contributed by atoms with Crippen molar-refractivity contribution in [2.75, 3.05) is 18.4 Å². The van der Waals surface area contributed by atoms with E-state index in [1.54, 1.807) is 0 Å². The summed E-state index contributed by atoms with van der Waals surface area (Å²) < 4.78 is 5.91. The van der Waals surface area contributed by atoms with Gasteiger partial charge in [0.2, 0.25) is 0 Å². The van der Waals surface area contributed by atoms with Crippen LogP contribution in [0.3, 0.4) is 0 Å². The number of hydrogen-bond acceptors (Lipinski definition) is 5. The molecule has 17 heavy (non-hydrogen) atoms. The number of nitrogens with one attached hydrogen (secondary N) is 2. The summed E-state index contributed by atoms with van der Waals surface area (Å²) >= 11 is 4.77. The first kappa shape index (κ1) is 14.2. The monoisotopic (exact) mass is 321 g/mol. The van der Waals surface area contributed by atoms with Crippen molar-refractivity contribution in [1.82, 2.24) is 10.3 Å². The average molecular weight is 322 g/mol. The van der Waals surface area contributed by atoms with Crippen molar-refractivity contribution in [1.29, 1.82) is 0 Å². The molecule has 0 atom stereocenters. The summed E-state index contributed by atoms with van der Waals surface area (Å²) in [6, 6.07) is 0. The van der Waals surface area contributed by atoms with Crippen LogP contribution in [0.2, 0.25) is 0 Å². The van der Waals surface area contributed by atoms with E-state index in [1.165, 1.54) is 11.3 Å². The van der Waals surface area contributed by atoms with Gasteiger partial charge in [0.15, 0.2) is 5.13 Å². The number of halogens is 1. The highest BCUT2D eigenvalue weighted by Crippen LogP contribution is 2.18. The van der Waals surface area contributed by atoms with Crippen LogP contribution in [0.4, 0.5) is 9.93 Å². The number of nitrogens with zero attached hydrogens (tertiary/aromatic N) is 1. The average Bonchev–Trinajstić information content (AvgIpc) is 2.56. The zero-order valence-electron chi connectivity index (χ0n) is 10.0. The highest BCUT2D eigenvalue weighted by Gasteiger charge is 2.15. The van der Waals surface area contributed by atoms with Crippen molar-refractivity contribution < 1.29 is 9.53 Å². The van der Waals surface area contributed by atoms with Crippen molar-refractivity contribution in [3.63, 3.8) is 0 Å². The zero-order valence-corrected chi connectivity index (χ0v) is 12.4. The minimum Gasteiger partial charge on any atom is -0.444 e. The molecule has 0 aliphatic heterocycles. The first-order valence-electron chi connectivity index (χ1n) is 5.18. The Balaban J connectivity index is 2.14. The minimum absolute atomic E-state index is 0.403. The van der Waals surface area contributed by atoms with Gasteiger partial charge in [0.1, 0.15) is 10.2 Å². The maximum absolute atomic E-state index is 11.3. The maximum Gasteiger partial charge on any atom is 0.407 e. The molecule has 1 rings (SSSR count). The van der Waals surface area contributed by atoms with Crippen LogP contribution in [0.1, 0.15) is 20.8 Å². The zero-order chi connectivity index (χ0) is 12.9. The van der Waals surface area contributed by atoms with Crippen LogP contribution in [0.5, 0.6) is 0 Å². The van der Waals surface area contributed by atoms with Gasteiger partial charge >= 0.3 is 6.09 Å². The molecule has 0 fully saturated rings. The summed E-state index contributed by atoms with van der Waals surface area (Å²) in [5.41, 5.74) is -0.461. The van der Waals surface area contributed by atoms with Gasteiger partial charge in [-0.05, 0) is 36.7 Å². The molecule has 0 unspecified atom stereocenters. The highest BCUT2D eigenvalue weighted by molar-refractivity contribution is 9.10. The number of thiazole rings is 1. The van der Waals surface area contributed by atoms with Crippen LogP contribution in [0.25, 0.3) is 0 Å². The second-order valence-corrected chi connectivity index (χ2v) is 6.00. The Morgan fingerprint density at radius 2 is 2.24 bits per heavy atom. The molecule has 7 heteroatoms. The summed E-state index contributed by atoms with van der Waals surface area (Å²) in [4.78, 5) is 15.5. The Labute approximate surface area is 113 Å². The van der Waals surface area contributed by atoms with E-state index in [1.807, 2.05) is 26.2 Å². The van der Waals surface area contributed by atoms with Gasteiger partial charge in [-0.25, -0.2) is 9.78 Å². The van der Waals surface area contributed by atoms with E-state index in [0.717, 1.165) is 9.73 Å². The fourth-order valence-corrected chi connectivity index (χ4v) is 2.16. The van der Waals surface area contributed by atoms with E-state index < -0.39 is 11.7 Å². The molecule has 1 amide bonds. The van der Waals surface area contributed by atoms with Gasteiger partial charge < -0.3 is 15.4 Å². The van der Waals surface area contributed by atoms with Crippen molar-refractivity contribution in [3.05, 3.63) is 9.98 Å². The lowest BCUT2D eigenvalue weighted by molar-refractivity contribution is 0.0530. The third-order valence-corrected chi connectivity index (χ3v) is 3.05. The molecule has 0 saturated heterocycles. The van der Waals surface area contributed by atoms with Crippen molar-refractivity contribution in [2.45, 2.75) is 26.4 Å². The van der Waals surface area contributed by atoms with Crippen LogP contribution in [0, 0.1) is 0 Å². The largest absolute Gasteiger partial charge is 0.444 e. The molecule has 1 heterocycles. The van der Waals surface area contributed by atoms with Crippen LogP contribution < -0.4 is 10.6 Å². The lowest BCUT2D eigenvalue weighted by atomic mass is 10.2. The normalized spacial score (nSPS) is 11.1. The topological polar surface area (TPSA) is 63.2 Å². The number of carbonyl (C=O) groups excluding carboxylic acids is 1. The summed E-state index contributed by atoms with van der Waals surface area (Å²) in [5.74, 6) is 0. The summed E-state index contributed by atoms with van der Waals surface area (Å²) in [6.07, 6.45) is -0.403. The number of rotatable bonds is 4. The molecule has 1 aromatic heterocycles. The van der Waals surface area contributed by atoms with Gasteiger partial charge in [-0.1, -0.05) is 0 Å². The second kappa shape index (κ2) is 6.20. The van der Waals surface area contributed by atoms with Gasteiger partial charge in [0, 0.05) is 18.5 Å². The Kier molecular flexibility index (Phi) is 5.20. The molecule has 5 nitrogen and oxygen atoms in total. The first-order valence-corrected chi connectivity index (χ1v) is 6.86. The number of aromatic nitrogens is 1. The fraction of sp³-hybridized carbons (Fsp3) is 0.600. The van der Waals surface area contributed by atoms with Gasteiger partial charge in [-0.3, -0.25) is 0 Å². The highest BCUT2D eigenvalue weighted by atomic mass is 79.9. The van der Waals surface area contributed by atoms with E-state index in [4.69, 9.17) is 4.74 Å². The lowest BCUT2D eigenvalue weighted by Gasteiger charge is -2.19. The lowest BCUT2D eigenvalue weighted by Crippen LogP contribution is -2.34. The Morgan fingerprint density at radius 3 is 2.76 bits per heavy atom.